The van der Waals surface area contributed by atoms with E-state index in [-0.39, 0.29) is 18.0 Å². The van der Waals surface area contributed by atoms with Crippen molar-refractivity contribution in [2.24, 2.45) is 0 Å². The topological polar surface area (TPSA) is 102 Å². The van der Waals surface area contributed by atoms with Crippen LogP contribution >= 0.6 is 0 Å². The highest BCUT2D eigenvalue weighted by atomic mass is 16.6. The van der Waals surface area contributed by atoms with Crippen molar-refractivity contribution < 1.29 is 24.3 Å². The van der Waals surface area contributed by atoms with Crippen LogP contribution in [0.5, 0.6) is 5.75 Å². The lowest BCUT2D eigenvalue weighted by Gasteiger charge is -2.34. The fraction of sp³-hybridized carbons (Fsp3) is 0.417. The molecule has 8 nitrogen and oxygen atoms in total. The van der Waals surface area contributed by atoms with E-state index < -0.39 is 16.9 Å². The van der Waals surface area contributed by atoms with Crippen molar-refractivity contribution >= 4 is 17.3 Å². The lowest BCUT2D eigenvalue weighted by atomic mass is 10.1. The lowest BCUT2D eigenvalue weighted by molar-refractivity contribution is -0.385. The van der Waals surface area contributed by atoms with E-state index in [9.17, 15) is 20.0 Å². The van der Waals surface area contributed by atoms with E-state index in [1.54, 1.807) is 4.90 Å². The number of hydrogen-bond donors (Lipinski definition) is 1. The van der Waals surface area contributed by atoms with E-state index in [1.165, 1.54) is 25.3 Å². The fourth-order valence-electron chi connectivity index (χ4n) is 2.11. The molecule has 1 aliphatic rings. The van der Waals surface area contributed by atoms with Gasteiger partial charge in [-0.05, 0) is 6.07 Å². The largest absolute Gasteiger partial charge is 0.490 e. The standard InChI is InChI=1S/C12H14N2O6/c1-19-11-6-8(2-3-9(11)14(17)18)13-4-5-20-7-10(13)12(15)16/h2-3,6,10H,4-5,7H2,1H3,(H,15,16). The van der Waals surface area contributed by atoms with E-state index >= 15 is 0 Å². The first-order valence-corrected chi connectivity index (χ1v) is 5.94. The zero-order valence-corrected chi connectivity index (χ0v) is 10.8. The number of nitro groups is 1. The Hall–Kier alpha value is -2.35. The maximum absolute atomic E-state index is 11.2. The molecule has 1 aliphatic heterocycles. The number of anilines is 1. The average Bonchev–Trinajstić information content (AvgIpc) is 2.46. The smallest absolute Gasteiger partial charge is 0.328 e. The van der Waals surface area contributed by atoms with Gasteiger partial charge in [0.2, 0.25) is 0 Å². The van der Waals surface area contributed by atoms with Crippen LogP contribution in [0.15, 0.2) is 18.2 Å². The molecule has 1 atom stereocenters. The number of ether oxygens (including phenoxy) is 2. The van der Waals surface area contributed by atoms with Gasteiger partial charge in [0, 0.05) is 24.4 Å². The van der Waals surface area contributed by atoms with Crippen LogP contribution < -0.4 is 9.64 Å². The van der Waals surface area contributed by atoms with Gasteiger partial charge in [0.1, 0.15) is 0 Å². The molecule has 20 heavy (non-hydrogen) atoms. The predicted octanol–water partition coefficient (Wildman–Crippen LogP) is 0.893. The SMILES string of the molecule is COc1cc(N2CCOCC2C(=O)O)ccc1[N+](=O)[O-]. The van der Waals surface area contributed by atoms with Gasteiger partial charge in [-0.25, -0.2) is 4.79 Å². The third kappa shape index (κ3) is 2.64. The second kappa shape index (κ2) is 5.74. The fourth-order valence-corrected chi connectivity index (χ4v) is 2.11. The molecule has 1 aromatic rings. The number of carboxylic acids is 1. The minimum Gasteiger partial charge on any atom is -0.490 e. The summed E-state index contributed by atoms with van der Waals surface area (Å²) < 4.78 is 10.1. The Balaban J connectivity index is 2.36. The maximum atomic E-state index is 11.2. The van der Waals surface area contributed by atoms with Gasteiger partial charge in [-0.15, -0.1) is 0 Å². The van der Waals surface area contributed by atoms with Crippen molar-refractivity contribution in [1.29, 1.82) is 0 Å². The van der Waals surface area contributed by atoms with Crippen molar-refractivity contribution in [1.82, 2.24) is 0 Å². The van der Waals surface area contributed by atoms with Crippen molar-refractivity contribution in [3.8, 4) is 5.75 Å². The Morgan fingerprint density at radius 1 is 1.60 bits per heavy atom. The van der Waals surface area contributed by atoms with Crippen molar-refractivity contribution in [3.05, 3.63) is 28.3 Å². The summed E-state index contributed by atoms with van der Waals surface area (Å²) in [5.74, 6) is -0.898. The van der Waals surface area contributed by atoms with E-state index in [0.29, 0.717) is 18.8 Å². The van der Waals surface area contributed by atoms with Gasteiger partial charge >= 0.3 is 11.7 Å². The molecule has 0 spiro atoms. The van der Waals surface area contributed by atoms with E-state index in [2.05, 4.69) is 0 Å². The summed E-state index contributed by atoms with van der Waals surface area (Å²) in [6.45, 7) is 0.885. The molecule has 0 radical (unpaired) electrons. The third-order valence-electron chi connectivity index (χ3n) is 3.11. The molecule has 0 aliphatic carbocycles. The molecular weight excluding hydrogens is 268 g/mol. The summed E-state index contributed by atoms with van der Waals surface area (Å²) in [6, 6.07) is 3.49. The molecule has 0 saturated carbocycles. The number of benzene rings is 1. The van der Waals surface area contributed by atoms with Crippen LogP contribution in [0, 0.1) is 10.1 Å². The van der Waals surface area contributed by atoms with Gasteiger partial charge < -0.3 is 19.5 Å². The van der Waals surface area contributed by atoms with Crippen LogP contribution in [-0.2, 0) is 9.53 Å². The van der Waals surface area contributed by atoms with Crippen LogP contribution in [0.2, 0.25) is 0 Å². The molecule has 1 N–H and O–H groups in total. The molecule has 2 rings (SSSR count). The first-order chi connectivity index (χ1) is 9.54. The van der Waals surface area contributed by atoms with E-state index in [0.717, 1.165) is 0 Å². The summed E-state index contributed by atoms with van der Waals surface area (Å²) in [6.07, 6.45) is 0. The van der Waals surface area contributed by atoms with Gasteiger partial charge in [-0.1, -0.05) is 0 Å². The number of morpholine rings is 1. The molecule has 1 unspecified atom stereocenters. The number of nitro benzene ring substituents is 1. The summed E-state index contributed by atoms with van der Waals surface area (Å²) in [4.78, 5) is 23.1. The van der Waals surface area contributed by atoms with Gasteiger partial charge in [-0.3, -0.25) is 10.1 Å². The summed E-state index contributed by atoms with van der Waals surface area (Å²) in [7, 11) is 1.33. The van der Waals surface area contributed by atoms with Crippen LogP contribution in [0.25, 0.3) is 0 Å². The quantitative estimate of drug-likeness (QED) is 0.646. The second-order valence-corrected chi connectivity index (χ2v) is 4.24. The molecule has 1 aromatic carbocycles. The molecule has 1 fully saturated rings. The Morgan fingerprint density at radius 3 is 2.95 bits per heavy atom. The van der Waals surface area contributed by atoms with Gasteiger partial charge in [-0.2, -0.15) is 0 Å². The zero-order chi connectivity index (χ0) is 14.7. The highest BCUT2D eigenvalue weighted by Gasteiger charge is 2.30. The van der Waals surface area contributed by atoms with Crippen LogP contribution in [0.1, 0.15) is 0 Å². The number of carbonyl (C=O) groups is 1. The van der Waals surface area contributed by atoms with Crippen molar-refractivity contribution in [2.75, 3.05) is 31.8 Å². The number of methoxy groups -OCH3 is 1. The first kappa shape index (κ1) is 14.1. The Labute approximate surface area is 114 Å². The van der Waals surface area contributed by atoms with Gasteiger partial charge in [0.15, 0.2) is 11.8 Å². The highest BCUT2D eigenvalue weighted by Crippen LogP contribution is 2.32. The van der Waals surface area contributed by atoms with Crippen LogP contribution in [-0.4, -0.2) is 48.9 Å². The molecule has 0 bridgehead atoms. The van der Waals surface area contributed by atoms with E-state index in [1.807, 2.05) is 0 Å². The molecule has 1 saturated heterocycles. The lowest BCUT2D eigenvalue weighted by Crippen LogP contribution is -2.50. The monoisotopic (exact) mass is 282 g/mol. The molecule has 8 heteroatoms. The number of rotatable bonds is 4. The highest BCUT2D eigenvalue weighted by molar-refractivity contribution is 5.79. The summed E-state index contributed by atoms with van der Waals surface area (Å²) in [5, 5.41) is 20.0. The van der Waals surface area contributed by atoms with Crippen LogP contribution in [0.3, 0.4) is 0 Å². The number of aliphatic carboxylic acids is 1. The normalized spacial score (nSPS) is 18.6. The molecular formula is C12H14N2O6. The zero-order valence-electron chi connectivity index (χ0n) is 10.8. The predicted molar refractivity (Wildman–Crippen MR) is 69.2 cm³/mol. The first-order valence-electron chi connectivity index (χ1n) is 5.94. The number of carboxylic acid groups (broad SMARTS) is 1. The Morgan fingerprint density at radius 2 is 2.35 bits per heavy atom. The van der Waals surface area contributed by atoms with Crippen molar-refractivity contribution in [2.45, 2.75) is 6.04 Å². The Bertz CT molecular complexity index is 533. The molecule has 0 aromatic heterocycles. The minimum absolute atomic E-state index is 0.0780. The molecule has 1 heterocycles. The third-order valence-corrected chi connectivity index (χ3v) is 3.11. The molecule has 108 valence electrons. The second-order valence-electron chi connectivity index (χ2n) is 4.24. The van der Waals surface area contributed by atoms with E-state index in [4.69, 9.17) is 9.47 Å². The Kier molecular flexibility index (Phi) is 4.04. The van der Waals surface area contributed by atoms with Gasteiger partial charge in [0.05, 0.1) is 25.2 Å². The summed E-state index contributed by atoms with van der Waals surface area (Å²) >= 11 is 0. The minimum atomic E-state index is -0.998. The average molecular weight is 282 g/mol. The van der Waals surface area contributed by atoms with Crippen molar-refractivity contribution in [3.63, 3.8) is 0 Å². The number of hydrogen-bond acceptors (Lipinski definition) is 6. The van der Waals surface area contributed by atoms with Gasteiger partial charge in [0.25, 0.3) is 0 Å². The molecule has 0 amide bonds. The van der Waals surface area contributed by atoms with Crippen LogP contribution in [0.4, 0.5) is 11.4 Å². The summed E-state index contributed by atoms with van der Waals surface area (Å²) in [5.41, 5.74) is 0.402. The number of nitrogens with zero attached hydrogens (tertiary/aromatic N) is 2. The maximum Gasteiger partial charge on any atom is 0.328 e.